The van der Waals surface area contributed by atoms with Gasteiger partial charge in [-0.25, -0.2) is 14.6 Å². The average Bonchev–Trinajstić information content (AvgIpc) is 2.82. The van der Waals surface area contributed by atoms with Gasteiger partial charge in [0.05, 0.1) is 0 Å². The van der Waals surface area contributed by atoms with Crippen LogP contribution in [0.25, 0.3) is 0 Å². The van der Waals surface area contributed by atoms with Gasteiger partial charge in [0.25, 0.3) is 0 Å². The van der Waals surface area contributed by atoms with Crippen molar-refractivity contribution < 1.29 is 14.7 Å². The van der Waals surface area contributed by atoms with Gasteiger partial charge in [-0.1, -0.05) is 19.4 Å². The largest absolute Gasteiger partial charge is 0.477 e. The molecular weight excluding hydrogens is 258 g/mol. The molecule has 1 fully saturated rings. The first kappa shape index (κ1) is 14.3. The van der Waals surface area contributed by atoms with Crippen molar-refractivity contribution >= 4 is 12.0 Å². The summed E-state index contributed by atoms with van der Waals surface area (Å²) in [5.74, 6) is -0.533. The first-order valence-corrected chi connectivity index (χ1v) is 6.79. The van der Waals surface area contributed by atoms with E-state index in [1.807, 2.05) is 0 Å². The van der Waals surface area contributed by atoms with E-state index in [4.69, 9.17) is 5.11 Å². The monoisotopic (exact) mass is 277 g/mol. The van der Waals surface area contributed by atoms with Crippen LogP contribution in [0.2, 0.25) is 0 Å². The number of hydrogen-bond donors (Lipinski definition) is 3. The zero-order chi connectivity index (χ0) is 14.5. The molecule has 1 saturated carbocycles. The molecule has 1 aromatic rings. The van der Waals surface area contributed by atoms with Gasteiger partial charge in [-0.2, -0.15) is 0 Å². The normalized spacial score (nSPS) is 21.4. The second-order valence-corrected chi connectivity index (χ2v) is 5.20. The summed E-state index contributed by atoms with van der Waals surface area (Å²) in [5.41, 5.74) is 0.766. The highest BCUT2D eigenvalue weighted by atomic mass is 16.4. The number of carbonyl (C=O) groups is 2. The third-order valence-corrected chi connectivity index (χ3v) is 3.67. The zero-order valence-corrected chi connectivity index (χ0v) is 11.4. The van der Waals surface area contributed by atoms with Gasteiger partial charge in [0.15, 0.2) is 0 Å². The highest BCUT2D eigenvalue weighted by Crippen LogP contribution is 2.24. The second kappa shape index (κ2) is 6.36. The fourth-order valence-electron chi connectivity index (χ4n) is 2.42. The van der Waals surface area contributed by atoms with Crippen LogP contribution >= 0.6 is 0 Å². The molecule has 1 aromatic heterocycles. The molecule has 20 heavy (non-hydrogen) atoms. The molecular formula is C14H19N3O3. The number of urea groups is 1. The highest BCUT2D eigenvalue weighted by molar-refractivity contribution is 5.85. The van der Waals surface area contributed by atoms with Gasteiger partial charge in [-0.05, 0) is 30.4 Å². The topological polar surface area (TPSA) is 91.3 Å². The first-order valence-electron chi connectivity index (χ1n) is 6.79. The van der Waals surface area contributed by atoms with Gasteiger partial charge in [0.2, 0.25) is 0 Å². The maximum absolute atomic E-state index is 11.8. The van der Waals surface area contributed by atoms with E-state index >= 15 is 0 Å². The molecule has 2 rings (SSSR count). The fraction of sp³-hybridized carbons (Fsp3) is 0.500. The molecule has 0 saturated heterocycles. The number of nitrogens with zero attached hydrogens (tertiary/aromatic N) is 1. The van der Waals surface area contributed by atoms with Crippen LogP contribution in [0.15, 0.2) is 18.3 Å². The number of amides is 2. The molecule has 2 unspecified atom stereocenters. The van der Waals surface area contributed by atoms with Crippen molar-refractivity contribution in [1.29, 1.82) is 0 Å². The summed E-state index contributed by atoms with van der Waals surface area (Å²) in [6.07, 6.45) is 4.81. The molecule has 6 heteroatoms. The second-order valence-electron chi connectivity index (χ2n) is 5.20. The minimum absolute atomic E-state index is 0.00187. The Balaban J connectivity index is 1.79. The average molecular weight is 277 g/mol. The molecule has 3 N–H and O–H groups in total. The van der Waals surface area contributed by atoms with Crippen molar-refractivity contribution in [3.05, 3.63) is 29.6 Å². The molecule has 0 bridgehead atoms. The standard InChI is InChI=1S/C14H19N3O3/c1-9-3-2-4-11(9)17-14(20)16-8-10-5-6-12(13(18)19)15-7-10/h5-7,9,11H,2-4,8H2,1H3,(H,18,19)(H2,16,17,20). The van der Waals surface area contributed by atoms with Gasteiger partial charge < -0.3 is 15.7 Å². The van der Waals surface area contributed by atoms with E-state index in [1.54, 1.807) is 6.07 Å². The van der Waals surface area contributed by atoms with E-state index in [-0.39, 0.29) is 17.8 Å². The number of pyridine rings is 1. The molecule has 2 amide bonds. The number of carboxylic acids is 1. The number of carboxylic acid groups (broad SMARTS) is 1. The molecule has 0 spiro atoms. The van der Waals surface area contributed by atoms with Crippen LogP contribution in [0, 0.1) is 5.92 Å². The summed E-state index contributed by atoms with van der Waals surface area (Å²) in [6, 6.07) is 3.14. The third-order valence-electron chi connectivity index (χ3n) is 3.67. The lowest BCUT2D eigenvalue weighted by Gasteiger charge is -2.17. The maximum Gasteiger partial charge on any atom is 0.354 e. The molecule has 1 aliphatic carbocycles. The first-order chi connectivity index (χ1) is 9.56. The lowest BCUT2D eigenvalue weighted by atomic mass is 10.1. The van der Waals surface area contributed by atoms with Crippen molar-refractivity contribution in [2.24, 2.45) is 5.92 Å². The quantitative estimate of drug-likeness (QED) is 0.782. The zero-order valence-electron chi connectivity index (χ0n) is 11.4. The molecule has 108 valence electrons. The van der Waals surface area contributed by atoms with Crippen molar-refractivity contribution in [3.63, 3.8) is 0 Å². The summed E-state index contributed by atoms with van der Waals surface area (Å²) in [6.45, 7) is 2.48. The van der Waals surface area contributed by atoms with Gasteiger partial charge in [-0.15, -0.1) is 0 Å². The van der Waals surface area contributed by atoms with Crippen molar-refractivity contribution in [1.82, 2.24) is 15.6 Å². The van der Waals surface area contributed by atoms with Crippen molar-refractivity contribution in [2.75, 3.05) is 0 Å². The van der Waals surface area contributed by atoms with Crippen molar-refractivity contribution in [3.8, 4) is 0 Å². The summed E-state index contributed by atoms with van der Waals surface area (Å²) in [4.78, 5) is 26.2. The van der Waals surface area contributed by atoms with Crippen LogP contribution in [0.1, 0.15) is 42.2 Å². The van der Waals surface area contributed by atoms with E-state index in [1.165, 1.54) is 12.3 Å². The minimum Gasteiger partial charge on any atom is -0.477 e. The summed E-state index contributed by atoms with van der Waals surface area (Å²) in [7, 11) is 0. The van der Waals surface area contributed by atoms with Crippen LogP contribution in [0.3, 0.4) is 0 Å². The molecule has 6 nitrogen and oxygen atoms in total. The summed E-state index contributed by atoms with van der Waals surface area (Å²) < 4.78 is 0. The summed E-state index contributed by atoms with van der Waals surface area (Å²) in [5, 5.41) is 14.5. The highest BCUT2D eigenvalue weighted by Gasteiger charge is 2.24. The predicted octanol–water partition coefficient (Wildman–Crippen LogP) is 1.77. The van der Waals surface area contributed by atoms with Crippen LogP contribution in [0.4, 0.5) is 4.79 Å². The number of rotatable bonds is 4. The number of carbonyl (C=O) groups excluding carboxylic acids is 1. The predicted molar refractivity (Wildman–Crippen MR) is 73.4 cm³/mol. The van der Waals surface area contributed by atoms with Crippen LogP contribution in [0.5, 0.6) is 0 Å². The van der Waals surface area contributed by atoms with E-state index in [0.717, 1.165) is 24.8 Å². The number of aromatic carboxylic acids is 1. The lowest BCUT2D eigenvalue weighted by Crippen LogP contribution is -2.42. The Kier molecular flexibility index (Phi) is 4.55. The van der Waals surface area contributed by atoms with E-state index < -0.39 is 5.97 Å². The Labute approximate surface area is 117 Å². The Morgan fingerprint density at radius 3 is 2.75 bits per heavy atom. The van der Waals surface area contributed by atoms with Gasteiger partial charge in [0.1, 0.15) is 5.69 Å². The number of aromatic nitrogens is 1. The molecule has 2 atom stereocenters. The van der Waals surface area contributed by atoms with E-state index in [9.17, 15) is 9.59 Å². The Morgan fingerprint density at radius 1 is 1.40 bits per heavy atom. The lowest BCUT2D eigenvalue weighted by molar-refractivity contribution is 0.0690. The third kappa shape index (κ3) is 3.69. The van der Waals surface area contributed by atoms with Gasteiger partial charge in [0, 0.05) is 18.8 Å². The Hall–Kier alpha value is -2.11. The van der Waals surface area contributed by atoms with E-state index in [0.29, 0.717) is 12.5 Å². The van der Waals surface area contributed by atoms with Crippen molar-refractivity contribution in [2.45, 2.75) is 38.8 Å². The van der Waals surface area contributed by atoms with E-state index in [2.05, 4.69) is 22.5 Å². The SMILES string of the molecule is CC1CCCC1NC(=O)NCc1ccc(C(=O)O)nc1. The molecule has 1 aliphatic rings. The van der Waals surface area contributed by atoms with Crippen LogP contribution < -0.4 is 10.6 Å². The van der Waals surface area contributed by atoms with Crippen LogP contribution in [-0.2, 0) is 6.54 Å². The summed E-state index contributed by atoms with van der Waals surface area (Å²) >= 11 is 0. The smallest absolute Gasteiger partial charge is 0.354 e. The maximum atomic E-state index is 11.8. The molecule has 1 heterocycles. The molecule has 0 aromatic carbocycles. The van der Waals surface area contributed by atoms with Crippen LogP contribution in [-0.4, -0.2) is 28.1 Å². The Bertz CT molecular complexity index is 487. The van der Waals surface area contributed by atoms with Gasteiger partial charge >= 0.3 is 12.0 Å². The number of hydrogen-bond acceptors (Lipinski definition) is 3. The fourth-order valence-corrected chi connectivity index (χ4v) is 2.42. The Morgan fingerprint density at radius 2 is 2.20 bits per heavy atom. The minimum atomic E-state index is -1.06. The van der Waals surface area contributed by atoms with Gasteiger partial charge in [-0.3, -0.25) is 0 Å². The molecule has 0 radical (unpaired) electrons. The number of nitrogens with one attached hydrogen (secondary N) is 2. The molecule has 0 aliphatic heterocycles.